The van der Waals surface area contributed by atoms with E-state index in [9.17, 15) is 4.79 Å². The van der Waals surface area contributed by atoms with E-state index in [1.165, 1.54) is 11.5 Å². The number of esters is 1. The minimum absolute atomic E-state index is 0.224. The van der Waals surface area contributed by atoms with Crippen LogP contribution in [0.5, 0.6) is 0 Å². The van der Waals surface area contributed by atoms with Crippen LogP contribution in [0.3, 0.4) is 0 Å². The van der Waals surface area contributed by atoms with E-state index in [-0.39, 0.29) is 5.82 Å². The van der Waals surface area contributed by atoms with E-state index in [1.54, 1.807) is 6.92 Å². The zero-order chi connectivity index (χ0) is 14.4. The molecule has 0 atom stereocenters. The van der Waals surface area contributed by atoms with Crippen LogP contribution in [0.1, 0.15) is 17.3 Å². The molecule has 1 aliphatic heterocycles. The average Bonchev–Trinajstić information content (AvgIpc) is 2.81. The van der Waals surface area contributed by atoms with E-state index in [1.807, 2.05) is 0 Å². The van der Waals surface area contributed by atoms with Gasteiger partial charge < -0.3 is 20.5 Å². The van der Waals surface area contributed by atoms with E-state index in [4.69, 9.17) is 15.2 Å². The quantitative estimate of drug-likeness (QED) is 0.745. The maximum Gasteiger partial charge on any atom is 0.344 e. The van der Waals surface area contributed by atoms with Gasteiger partial charge in [-0.3, -0.25) is 4.90 Å². The summed E-state index contributed by atoms with van der Waals surface area (Å²) in [5, 5.41) is 3.89. The molecule has 0 aliphatic carbocycles. The molecule has 112 valence electrons. The van der Waals surface area contributed by atoms with Gasteiger partial charge in [0.15, 0.2) is 5.82 Å². The monoisotopic (exact) mass is 300 g/mol. The first-order valence-electron chi connectivity index (χ1n) is 6.68. The largest absolute Gasteiger partial charge is 0.462 e. The summed E-state index contributed by atoms with van der Waals surface area (Å²) in [5.41, 5.74) is 6.06. The Labute approximate surface area is 122 Å². The van der Waals surface area contributed by atoms with Gasteiger partial charge in [-0.05, 0) is 18.5 Å². The van der Waals surface area contributed by atoms with Crippen LogP contribution in [-0.2, 0) is 9.47 Å². The molecule has 1 fully saturated rings. The molecule has 2 heterocycles. The Morgan fingerprint density at radius 1 is 1.55 bits per heavy atom. The number of nitrogens with one attached hydrogen (secondary N) is 1. The van der Waals surface area contributed by atoms with Crippen LogP contribution in [0.25, 0.3) is 0 Å². The Bertz CT molecular complexity index is 446. The van der Waals surface area contributed by atoms with Gasteiger partial charge in [0.25, 0.3) is 0 Å². The molecule has 0 saturated carbocycles. The Morgan fingerprint density at radius 2 is 2.30 bits per heavy atom. The van der Waals surface area contributed by atoms with Crippen molar-refractivity contribution in [3.8, 4) is 0 Å². The van der Waals surface area contributed by atoms with Crippen molar-refractivity contribution in [1.82, 2.24) is 9.27 Å². The summed E-state index contributed by atoms with van der Waals surface area (Å²) in [7, 11) is 0. The molecule has 8 heteroatoms. The molecule has 0 aromatic carbocycles. The Balaban J connectivity index is 1.87. The summed E-state index contributed by atoms with van der Waals surface area (Å²) in [6, 6.07) is 0. The van der Waals surface area contributed by atoms with Gasteiger partial charge in [-0.15, -0.1) is 0 Å². The normalized spacial score (nSPS) is 16.1. The number of nitrogens with zero attached hydrogens (tertiary/aromatic N) is 2. The molecule has 3 N–H and O–H groups in total. The third-order valence-corrected chi connectivity index (χ3v) is 3.83. The third kappa shape index (κ3) is 3.81. The van der Waals surface area contributed by atoms with Crippen LogP contribution in [0, 0.1) is 0 Å². The second kappa shape index (κ2) is 7.41. The first kappa shape index (κ1) is 15.0. The second-order valence-corrected chi connectivity index (χ2v) is 5.15. The standard InChI is InChI=1S/C12H20N4O3S/c1-2-19-12(17)9-10(13)15-20-11(9)14-3-4-16-5-7-18-8-6-16/h14H,2-8H2,1H3,(H2,13,15). The van der Waals surface area contributed by atoms with Gasteiger partial charge in [-0.1, -0.05) is 0 Å². The summed E-state index contributed by atoms with van der Waals surface area (Å²) in [6.07, 6.45) is 0. The van der Waals surface area contributed by atoms with Crippen molar-refractivity contribution in [2.75, 3.05) is 57.1 Å². The molecule has 7 nitrogen and oxygen atoms in total. The van der Waals surface area contributed by atoms with Crippen molar-refractivity contribution in [3.05, 3.63) is 5.56 Å². The van der Waals surface area contributed by atoms with Gasteiger partial charge in [0.1, 0.15) is 10.6 Å². The molecule has 1 aromatic heterocycles. The fourth-order valence-electron chi connectivity index (χ4n) is 1.98. The topological polar surface area (TPSA) is 89.7 Å². The van der Waals surface area contributed by atoms with Crippen molar-refractivity contribution >= 4 is 28.3 Å². The van der Waals surface area contributed by atoms with E-state index in [0.29, 0.717) is 17.2 Å². The van der Waals surface area contributed by atoms with Crippen molar-refractivity contribution in [2.45, 2.75) is 6.92 Å². The highest BCUT2D eigenvalue weighted by atomic mass is 32.1. The predicted octanol–water partition coefficient (Wildman–Crippen LogP) is 0.646. The number of hydrogen-bond donors (Lipinski definition) is 2. The van der Waals surface area contributed by atoms with Gasteiger partial charge in [0, 0.05) is 26.2 Å². The number of morpholine rings is 1. The Morgan fingerprint density at radius 3 is 3.00 bits per heavy atom. The first-order valence-corrected chi connectivity index (χ1v) is 7.46. The zero-order valence-electron chi connectivity index (χ0n) is 11.6. The van der Waals surface area contributed by atoms with Crippen molar-refractivity contribution in [3.63, 3.8) is 0 Å². The van der Waals surface area contributed by atoms with E-state index >= 15 is 0 Å². The highest BCUT2D eigenvalue weighted by molar-refractivity contribution is 7.11. The lowest BCUT2D eigenvalue weighted by molar-refractivity contribution is 0.0398. The molecule has 0 unspecified atom stereocenters. The summed E-state index contributed by atoms with van der Waals surface area (Å²) < 4.78 is 14.3. The molecule has 1 saturated heterocycles. The maximum absolute atomic E-state index is 11.8. The van der Waals surface area contributed by atoms with Crippen LogP contribution >= 0.6 is 11.5 Å². The molecule has 0 amide bonds. The molecule has 1 aliphatic rings. The van der Waals surface area contributed by atoms with E-state index in [2.05, 4.69) is 14.6 Å². The average molecular weight is 300 g/mol. The fourth-order valence-corrected chi connectivity index (χ4v) is 2.70. The molecule has 0 spiro atoms. The molecule has 0 radical (unpaired) electrons. The fraction of sp³-hybridized carbons (Fsp3) is 0.667. The second-order valence-electron chi connectivity index (χ2n) is 4.37. The predicted molar refractivity (Wildman–Crippen MR) is 78.2 cm³/mol. The van der Waals surface area contributed by atoms with Gasteiger partial charge in [-0.25, -0.2) is 4.79 Å². The number of hydrogen-bond acceptors (Lipinski definition) is 8. The maximum atomic E-state index is 11.8. The highest BCUT2D eigenvalue weighted by Crippen LogP contribution is 2.27. The number of nitrogen functional groups attached to an aromatic ring is 1. The lowest BCUT2D eigenvalue weighted by Gasteiger charge is -2.26. The molecule has 20 heavy (non-hydrogen) atoms. The zero-order valence-corrected chi connectivity index (χ0v) is 12.4. The summed E-state index contributed by atoms with van der Waals surface area (Å²) in [6.45, 7) is 7.15. The third-order valence-electron chi connectivity index (χ3n) is 3.02. The van der Waals surface area contributed by atoms with Crippen LogP contribution < -0.4 is 11.1 Å². The summed E-state index contributed by atoms with van der Waals surface area (Å²) >= 11 is 1.19. The molecule has 2 rings (SSSR count). The number of anilines is 2. The number of aromatic nitrogens is 1. The Kier molecular flexibility index (Phi) is 5.57. The SMILES string of the molecule is CCOC(=O)c1c(N)nsc1NCCN1CCOCC1. The highest BCUT2D eigenvalue weighted by Gasteiger charge is 2.20. The lowest BCUT2D eigenvalue weighted by atomic mass is 10.3. The number of nitrogens with two attached hydrogens (primary N) is 1. The number of carbonyl (C=O) groups is 1. The molecule has 1 aromatic rings. The van der Waals surface area contributed by atoms with Crippen LogP contribution in [0.4, 0.5) is 10.8 Å². The Hall–Kier alpha value is -1.38. The number of ether oxygens (including phenoxy) is 2. The van der Waals surface area contributed by atoms with E-state index < -0.39 is 5.97 Å². The van der Waals surface area contributed by atoms with Crippen LogP contribution in [-0.4, -0.2) is 61.2 Å². The van der Waals surface area contributed by atoms with Crippen molar-refractivity contribution in [2.24, 2.45) is 0 Å². The van der Waals surface area contributed by atoms with Crippen molar-refractivity contribution < 1.29 is 14.3 Å². The molecular formula is C12H20N4O3S. The van der Waals surface area contributed by atoms with Crippen molar-refractivity contribution in [1.29, 1.82) is 0 Å². The summed E-state index contributed by atoms with van der Waals surface area (Å²) in [4.78, 5) is 14.1. The van der Waals surface area contributed by atoms with Gasteiger partial charge in [-0.2, -0.15) is 4.37 Å². The number of carbonyl (C=O) groups excluding carboxylic acids is 1. The molecular weight excluding hydrogens is 280 g/mol. The van der Waals surface area contributed by atoms with Crippen LogP contribution in [0.2, 0.25) is 0 Å². The molecule has 0 bridgehead atoms. The lowest BCUT2D eigenvalue weighted by Crippen LogP contribution is -2.39. The smallest absolute Gasteiger partial charge is 0.344 e. The van der Waals surface area contributed by atoms with Crippen LogP contribution in [0.15, 0.2) is 0 Å². The number of rotatable bonds is 6. The summed E-state index contributed by atoms with van der Waals surface area (Å²) in [5.74, 6) is -0.199. The van der Waals surface area contributed by atoms with E-state index in [0.717, 1.165) is 39.4 Å². The minimum atomic E-state index is -0.423. The van der Waals surface area contributed by atoms with Gasteiger partial charge in [0.05, 0.1) is 19.8 Å². The first-order chi connectivity index (χ1) is 9.72. The van der Waals surface area contributed by atoms with Gasteiger partial charge in [0.2, 0.25) is 0 Å². The van der Waals surface area contributed by atoms with Gasteiger partial charge >= 0.3 is 5.97 Å². The minimum Gasteiger partial charge on any atom is -0.462 e.